The Labute approximate surface area is 196 Å². The quantitative estimate of drug-likeness (QED) is 0.419. The lowest BCUT2D eigenvalue weighted by atomic mass is 10.1. The number of barbiturate groups is 1. The number of rotatable bonds is 5. The van der Waals surface area contributed by atoms with E-state index >= 15 is 0 Å². The Morgan fingerprint density at radius 2 is 1.67 bits per heavy atom. The summed E-state index contributed by atoms with van der Waals surface area (Å²) >= 11 is 6.15. The van der Waals surface area contributed by atoms with E-state index < -0.39 is 17.8 Å². The molecule has 0 saturated carbocycles. The van der Waals surface area contributed by atoms with Gasteiger partial charge >= 0.3 is 6.03 Å². The van der Waals surface area contributed by atoms with Crippen molar-refractivity contribution in [2.24, 2.45) is 0 Å². The molecule has 1 heterocycles. The number of amides is 4. The van der Waals surface area contributed by atoms with Crippen LogP contribution in [-0.4, -0.2) is 17.8 Å². The lowest BCUT2D eigenvalue weighted by Crippen LogP contribution is -2.54. The maximum Gasteiger partial charge on any atom is 0.335 e. The Morgan fingerprint density at radius 3 is 2.36 bits per heavy atom. The molecule has 0 atom stereocenters. The van der Waals surface area contributed by atoms with Crippen LogP contribution in [0.15, 0.2) is 72.3 Å². The first-order valence-electron chi connectivity index (χ1n) is 10.3. The summed E-state index contributed by atoms with van der Waals surface area (Å²) in [5, 5.41) is 2.87. The maximum atomic E-state index is 13.0. The van der Waals surface area contributed by atoms with Crippen LogP contribution in [-0.2, 0) is 16.2 Å². The van der Waals surface area contributed by atoms with E-state index in [1.165, 1.54) is 6.08 Å². The first-order chi connectivity index (χ1) is 15.8. The van der Waals surface area contributed by atoms with Crippen molar-refractivity contribution < 1.29 is 19.1 Å². The minimum atomic E-state index is -0.770. The molecule has 0 bridgehead atoms. The summed E-state index contributed by atoms with van der Waals surface area (Å²) in [7, 11) is 0. The second kappa shape index (κ2) is 9.30. The number of aryl methyl sites for hydroxylation is 2. The van der Waals surface area contributed by atoms with Gasteiger partial charge in [-0.1, -0.05) is 48.0 Å². The molecule has 166 valence electrons. The number of nitrogens with zero attached hydrogens (tertiary/aromatic N) is 1. The highest BCUT2D eigenvalue weighted by Gasteiger charge is 2.36. The van der Waals surface area contributed by atoms with Crippen molar-refractivity contribution in [2.75, 3.05) is 4.90 Å². The van der Waals surface area contributed by atoms with Crippen LogP contribution >= 0.6 is 11.6 Å². The summed E-state index contributed by atoms with van der Waals surface area (Å²) in [6, 6.07) is 18.8. The van der Waals surface area contributed by atoms with Crippen molar-refractivity contribution in [3.63, 3.8) is 0 Å². The molecule has 1 fully saturated rings. The lowest BCUT2D eigenvalue weighted by Gasteiger charge is -2.26. The third kappa shape index (κ3) is 4.81. The summed E-state index contributed by atoms with van der Waals surface area (Å²) in [6.07, 6.45) is 1.45. The van der Waals surface area contributed by atoms with Gasteiger partial charge in [0.1, 0.15) is 17.9 Å². The number of hydrogen-bond acceptors (Lipinski definition) is 4. The molecule has 4 rings (SSSR count). The fourth-order valence-corrected chi connectivity index (χ4v) is 3.55. The van der Waals surface area contributed by atoms with Crippen LogP contribution in [0.4, 0.5) is 10.5 Å². The smallest absolute Gasteiger partial charge is 0.335 e. The van der Waals surface area contributed by atoms with E-state index in [0.717, 1.165) is 21.6 Å². The van der Waals surface area contributed by atoms with Gasteiger partial charge in [-0.15, -0.1) is 0 Å². The van der Waals surface area contributed by atoms with E-state index in [4.69, 9.17) is 16.3 Å². The topological polar surface area (TPSA) is 75.7 Å². The Balaban J connectivity index is 1.53. The van der Waals surface area contributed by atoms with Crippen molar-refractivity contribution >= 4 is 41.2 Å². The number of nitrogens with one attached hydrogen (secondary N) is 1. The zero-order chi connectivity index (χ0) is 23.5. The number of ether oxygens (including phenoxy) is 1. The fraction of sp³-hybridized carbons (Fsp3) is 0.115. The van der Waals surface area contributed by atoms with Crippen LogP contribution in [0.2, 0.25) is 5.02 Å². The van der Waals surface area contributed by atoms with E-state index in [0.29, 0.717) is 28.6 Å². The number of anilines is 1. The van der Waals surface area contributed by atoms with Crippen molar-refractivity contribution in [1.82, 2.24) is 5.32 Å². The molecule has 6 nitrogen and oxygen atoms in total. The lowest BCUT2D eigenvalue weighted by molar-refractivity contribution is -0.122. The van der Waals surface area contributed by atoms with Crippen LogP contribution in [0, 0.1) is 13.8 Å². The zero-order valence-electron chi connectivity index (χ0n) is 18.1. The number of halogens is 1. The average Bonchev–Trinajstić information content (AvgIpc) is 2.79. The van der Waals surface area contributed by atoms with Crippen LogP contribution in [0.3, 0.4) is 0 Å². The van der Waals surface area contributed by atoms with Crippen molar-refractivity contribution in [3.8, 4) is 5.75 Å². The standard InChI is InChI=1S/C26H21ClN2O4/c1-16-7-10-20(13-17(16)2)29-25(31)22(24(30)28-26(29)32)14-18-8-11-21(12-9-18)33-15-19-5-3-4-6-23(19)27/h3-14H,15H2,1-2H3,(H,28,30,32)/b22-14+. The number of benzene rings is 3. The van der Waals surface area contributed by atoms with Gasteiger partial charge in [0.15, 0.2) is 0 Å². The SMILES string of the molecule is Cc1ccc(N2C(=O)NC(=O)/C(=C\c3ccc(OCc4ccccc4Cl)cc3)C2=O)cc1C. The number of urea groups is 1. The summed E-state index contributed by atoms with van der Waals surface area (Å²) in [6.45, 7) is 4.14. The molecule has 4 amide bonds. The minimum Gasteiger partial charge on any atom is -0.489 e. The van der Waals surface area contributed by atoms with Crippen LogP contribution in [0.25, 0.3) is 6.08 Å². The zero-order valence-corrected chi connectivity index (χ0v) is 18.8. The van der Waals surface area contributed by atoms with Crippen LogP contribution in [0.5, 0.6) is 5.75 Å². The van der Waals surface area contributed by atoms with Crippen molar-refractivity contribution in [2.45, 2.75) is 20.5 Å². The van der Waals surface area contributed by atoms with Crippen molar-refractivity contribution in [3.05, 3.63) is 99.6 Å². The number of imide groups is 2. The largest absolute Gasteiger partial charge is 0.489 e. The molecule has 0 radical (unpaired) electrons. The third-order valence-electron chi connectivity index (χ3n) is 5.39. The van der Waals surface area contributed by atoms with Gasteiger partial charge in [-0.05, 0) is 66.9 Å². The monoisotopic (exact) mass is 460 g/mol. The number of hydrogen-bond donors (Lipinski definition) is 1. The summed E-state index contributed by atoms with van der Waals surface area (Å²) in [5.41, 5.74) is 3.73. The Hall–Kier alpha value is -3.90. The summed E-state index contributed by atoms with van der Waals surface area (Å²) < 4.78 is 5.77. The number of carbonyl (C=O) groups is 3. The molecule has 0 unspecified atom stereocenters. The number of carbonyl (C=O) groups excluding carboxylic acids is 3. The fourth-order valence-electron chi connectivity index (χ4n) is 3.36. The molecule has 7 heteroatoms. The second-order valence-corrected chi connectivity index (χ2v) is 8.08. The highest BCUT2D eigenvalue weighted by Crippen LogP contribution is 2.25. The molecule has 0 aromatic heterocycles. The Morgan fingerprint density at radius 1 is 0.939 bits per heavy atom. The van der Waals surface area contributed by atoms with Gasteiger partial charge in [-0.3, -0.25) is 14.9 Å². The second-order valence-electron chi connectivity index (χ2n) is 7.68. The van der Waals surface area contributed by atoms with E-state index in [9.17, 15) is 14.4 Å². The molecule has 3 aromatic rings. The van der Waals surface area contributed by atoms with E-state index in [2.05, 4.69) is 5.32 Å². The Kier molecular flexibility index (Phi) is 6.29. The molecule has 1 aliphatic heterocycles. The molecule has 3 aromatic carbocycles. The molecule has 0 spiro atoms. The maximum absolute atomic E-state index is 13.0. The van der Waals surface area contributed by atoms with Gasteiger partial charge in [0, 0.05) is 10.6 Å². The van der Waals surface area contributed by atoms with E-state index in [-0.39, 0.29) is 5.57 Å². The van der Waals surface area contributed by atoms with Gasteiger partial charge in [0.2, 0.25) is 0 Å². The van der Waals surface area contributed by atoms with Gasteiger partial charge < -0.3 is 4.74 Å². The van der Waals surface area contributed by atoms with E-state index in [1.807, 2.05) is 38.1 Å². The highest BCUT2D eigenvalue weighted by atomic mass is 35.5. The molecule has 1 saturated heterocycles. The summed E-state index contributed by atoms with van der Waals surface area (Å²) in [5.74, 6) is -0.793. The minimum absolute atomic E-state index is 0.127. The molecule has 1 aliphatic rings. The van der Waals surface area contributed by atoms with Gasteiger partial charge in [0.25, 0.3) is 11.8 Å². The van der Waals surface area contributed by atoms with Crippen LogP contribution in [0.1, 0.15) is 22.3 Å². The molecular formula is C26H21ClN2O4. The molecule has 1 N–H and O–H groups in total. The van der Waals surface area contributed by atoms with Gasteiger partial charge in [0.05, 0.1) is 5.69 Å². The molecule has 33 heavy (non-hydrogen) atoms. The predicted molar refractivity (Wildman–Crippen MR) is 127 cm³/mol. The predicted octanol–water partition coefficient (Wildman–Crippen LogP) is 5.20. The first kappa shape index (κ1) is 22.3. The highest BCUT2D eigenvalue weighted by molar-refractivity contribution is 6.39. The van der Waals surface area contributed by atoms with Crippen molar-refractivity contribution in [1.29, 1.82) is 0 Å². The average molecular weight is 461 g/mol. The molecule has 0 aliphatic carbocycles. The van der Waals surface area contributed by atoms with Gasteiger partial charge in [-0.25, -0.2) is 9.69 Å². The normalized spacial score (nSPS) is 15.1. The van der Waals surface area contributed by atoms with Crippen LogP contribution < -0.4 is 15.0 Å². The summed E-state index contributed by atoms with van der Waals surface area (Å²) in [4.78, 5) is 38.8. The van der Waals surface area contributed by atoms with Gasteiger partial charge in [-0.2, -0.15) is 0 Å². The third-order valence-corrected chi connectivity index (χ3v) is 5.76. The Bertz CT molecular complexity index is 1280. The van der Waals surface area contributed by atoms with E-state index in [1.54, 1.807) is 42.5 Å². The molecular weight excluding hydrogens is 440 g/mol. The first-order valence-corrected chi connectivity index (χ1v) is 10.7.